The van der Waals surface area contributed by atoms with E-state index >= 15 is 0 Å². The Bertz CT molecular complexity index is 126. The molecule has 2 heteroatoms. The van der Waals surface area contributed by atoms with E-state index in [0.29, 0.717) is 0 Å². The Labute approximate surface area is 99.6 Å². The Morgan fingerprint density at radius 1 is 0.867 bits per heavy atom. The molecule has 0 bridgehead atoms. The van der Waals surface area contributed by atoms with Gasteiger partial charge in [0.15, 0.2) is 0 Å². The predicted molar refractivity (Wildman–Crippen MR) is 69.1 cm³/mol. The summed E-state index contributed by atoms with van der Waals surface area (Å²) < 4.78 is 5.49. The summed E-state index contributed by atoms with van der Waals surface area (Å²) in [6.45, 7) is 0.973. The van der Waals surface area contributed by atoms with Crippen LogP contribution in [0.15, 0.2) is 0 Å². The van der Waals surface area contributed by atoms with Crippen LogP contribution in [0.2, 0.25) is 0 Å². The first-order chi connectivity index (χ1) is 7.43. The van der Waals surface area contributed by atoms with E-state index < -0.39 is 0 Å². The quantitative estimate of drug-likeness (QED) is 0.643. The van der Waals surface area contributed by atoms with Crippen LogP contribution in [-0.2, 0) is 4.18 Å². The standard InChI is InChI=1S/C13H26OS/c1-15-14-12-13-10-8-6-4-2-3-5-7-9-11-13/h13H,2-12H2,1H3. The van der Waals surface area contributed by atoms with Gasteiger partial charge in [-0.15, -0.1) is 0 Å². The van der Waals surface area contributed by atoms with Gasteiger partial charge >= 0.3 is 0 Å². The molecule has 0 aromatic rings. The van der Waals surface area contributed by atoms with Crippen LogP contribution >= 0.6 is 12.0 Å². The zero-order valence-electron chi connectivity index (χ0n) is 10.2. The van der Waals surface area contributed by atoms with Crippen molar-refractivity contribution in [3.8, 4) is 0 Å². The minimum atomic E-state index is 0.829. The van der Waals surface area contributed by atoms with Crippen LogP contribution in [0.3, 0.4) is 0 Å². The van der Waals surface area contributed by atoms with E-state index in [1.54, 1.807) is 0 Å². The maximum atomic E-state index is 5.49. The van der Waals surface area contributed by atoms with E-state index in [-0.39, 0.29) is 0 Å². The first-order valence-corrected chi connectivity index (χ1v) is 7.74. The Morgan fingerprint density at radius 2 is 1.33 bits per heavy atom. The molecule has 1 rings (SSSR count). The number of hydrogen-bond donors (Lipinski definition) is 0. The van der Waals surface area contributed by atoms with E-state index in [4.69, 9.17) is 4.18 Å². The molecule has 1 fully saturated rings. The summed E-state index contributed by atoms with van der Waals surface area (Å²) in [5, 5.41) is 0. The molecule has 0 aromatic carbocycles. The largest absolute Gasteiger partial charge is 0.315 e. The van der Waals surface area contributed by atoms with Crippen molar-refractivity contribution in [2.45, 2.75) is 64.2 Å². The molecule has 0 amide bonds. The van der Waals surface area contributed by atoms with Gasteiger partial charge in [0.1, 0.15) is 0 Å². The highest BCUT2D eigenvalue weighted by Crippen LogP contribution is 2.22. The molecule has 0 unspecified atom stereocenters. The van der Waals surface area contributed by atoms with Crippen LogP contribution < -0.4 is 0 Å². The van der Waals surface area contributed by atoms with Crippen molar-refractivity contribution >= 4 is 12.0 Å². The summed E-state index contributed by atoms with van der Waals surface area (Å²) in [6, 6.07) is 0. The topological polar surface area (TPSA) is 9.23 Å². The molecule has 1 aliphatic rings. The molecule has 1 saturated carbocycles. The minimum absolute atomic E-state index is 0.829. The second kappa shape index (κ2) is 9.53. The summed E-state index contributed by atoms with van der Waals surface area (Å²) >= 11 is 1.52. The molecule has 1 aliphatic carbocycles. The van der Waals surface area contributed by atoms with E-state index in [2.05, 4.69) is 0 Å². The summed E-state index contributed by atoms with van der Waals surface area (Å²) in [4.78, 5) is 0. The third-order valence-corrected chi connectivity index (χ3v) is 3.77. The van der Waals surface area contributed by atoms with Gasteiger partial charge in [-0.1, -0.05) is 51.4 Å². The van der Waals surface area contributed by atoms with Crippen LogP contribution in [0.4, 0.5) is 0 Å². The molecule has 90 valence electrons. The lowest BCUT2D eigenvalue weighted by Crippen LogP contribution is -2.07. The second-order valence-electron chi connectivity index (χ2n) is 4.72. The van der Waals surface area contributed by atoms with Gasteiger partial charge in [-0.25, -0.2) is 0 Å². The van der Waals surface area contributed by atoms with Crippen molar-refractivity contribution in [1.82, 2.24) is 0 Å². The molecule has 0 radical (unpaired) electrons. The van der Waals surface area contributed by atoms with Crippen molar-refractivity contribution in [3.63, 3.8) is 0 Å². The second-order valence-corrected chi connectivity index (χ2v) is 5.29. The number of hydrogen-bond acceptors (Lipinski definition) is 2. The van der Waals surface area contributed by atoms with Crippen molar-refractivity contribution in [2.75, 3.05) is 12.9 Å². The van der Waals surface area contributed by atoms with Gasteiger partial charge in [-0.3, -0.25) is 0 Å². The van der Waals surface area contributed by atoms with Crippen molar-refractivity contribution in [3.05, 3.63) is 0 Å². The first-order valence-electron chi connectivity index (χ1n) is 6.59. The van der Waals surface area contributed by atoms with Gasteiger partial charge in [0.05, 0.1) is 6.61 Å². The highest BCUT2D eigenvalue weighted by molar-refractivity contribution is 7.93. The molecule has 0 atom stereocenters. The third-order valence-electron chi connectivity index (χ3n) is 3.40. The van der Waals surface area contributed by atoms with Crippen molar-refractivity contribution < 1.29 is 4.18 Å². The highest BCUT2D eigenvalue weighted by Gasteiger charge is 2.09. The Hall–Kier alpha value is 0.310. The molecule has 0 spiro atoms. The van der Waals surface area contributed by atoms with E-state index in [9.17, 15) is 0 Å². The molecule has 1 nitrogen and oxygen atoms in total. The lowest BCUT2D eigenvalue weighted by Gasteiger charge is -2.15. The average Bonchev–Trinajstić information content (AvgIpc) is 2.31. The summed E-state index contributed by atoms with van der Waals surface area (Å²) in [7, 11) is 0. The fourth-order valence-electron chi connectivity index (χ4n) is 2.40. The molecule has 0 aliphatic heterocycles. The maximum Gasteiger partial charge on any atom is 0.0641 e. The van der Waals surface area contributed by atoms with Crippen LogP contribution in [0, 0.1) is 5.92 Å². The van der Waals surface area contributed by atoms with Gasteiger partial charge in [0, 0.05) is 6.26 Å². The SMILES string of the molecule is CSOCC1CCCCCCCCCC1. The molecular weight excluding hydrogens is 204 g/mol. The summed E-state index contributed by atoms with van der Waals surface area (Å²) in [5.74, 6) is 0.829. The molecule has 0 N–H and O–H groups in total. The maximum absolute atomic E-state index is 5.49. The normalized spacial score (nSPS) is 22.2. The highest BCUT2D eigenvalue weighted by atomic mass is 32.2. The van der Waals surface area contributed by atoms with Gasteiger partial charge < -0.3 is 4.18 Å². The van der Waals surface area contributed by atoms with Crippen molar-refractivity contribution in [2.24, 2.45) is 5.92 Å². The third kappa shape index (κ3) is 7.24. The van der Waals surface area contributed by atoms with Gasteiger partial charge in [-0.05, 0) is 30.8 Å². The van der Waals surface area contributed by atoms with E-state index in [1.165, 1.54) is 76.3 Å². The smallest absolute Gasteiger partial charge is 0.0641 e. The fraction of sp³-hybridized carbons (Fsp3) is 1.00. The van der Waals surface area contributed by atoms with Crippen LogP contribution in [-0.4, -0.2) is 12.9 Å². The van der Waals surface area contributed by atoms with Gasteiger partial charge in [-0.2, -0.15) is 0 Å². The van der Waals surface area contributed by atoms with Crippen LogP contribution in [0.25, 0.3) is 0 Å². The molecule has 0 saturated heterocycles. The monoisotopic (exact) mass is 230 g/mol. The van der Waals surface area contributed by atoms with E-state index in [1.807, 2.05) is 6.26 Å². The fourth-order valence-corrected chi connectivity index (χ4v) is 2.73. The van der Waals surface area contributed by atoms with Gasteiger partial charge in [0.25, 0.3) is 0 Å². The van der Waals surface area contributed by atoms with Crippen LogP contribution in [0.5, 0.6) is 0 Å². The zero-order chi connectivity index (χ0) is 10.8. The lowest BCUT2D eigenvalue weighted by molar-refractivity contribution is 0.257. The molecular formula is C13H26OS. The molecule has 15 heavy (non-hydrogen) atoms. The van der Waals surface area contributed by atoms with Crippen LogP contribution in [0.1, 0.15) is 64.2 Å². The first kappa shape index (κ1) is 13.4. The van der Waals surface area contributed by atoms with E-state index in [0.717, 1.165) is 12.5 Å². The Balaban J connectivity index is 2.19. The lowest BCUT2D eigenvalue weighted by atomic mass is 9.96. The summed E-state index contributed by atoms with van der Waals surface area (Å²) in [5.41, 5.74) is 0. The zero-order valence-corrected chi connectivity index (χ0v) is 11.0. The molecule has 0 heterocycles. The Kier molecular flexibility index (Phi) is 8.50. The summed E-state index contributed by atoms with van der Waals surface area (Å²) in [6.07, 6.45) is 16.4. The molecule has 0 aromatic heterocycles. The average molecular weight is 230 g/mol. The van der Waals surface area contributed by atoms with Crippen molar-refractivity contribution in [1.29, 1.82) is 0 Å². The minimum Gasteiger partial charge on any atom is -0.315 e. The van der Waals surface area contributed by atoms with Gasteiger partial charge in [0.2, 0.25) is 0 Å². The predicted octanol–water partition coefficient (Wildman–Crippen LogP) is 4.81. The Morgan fingerprint density at radius 3 is 1.80 bits per heavy atom. The number of rotatable bonds is 3.